The van der Waals surface area contributed by atoms with Crippen molar-refractivity contribution in [1.82, 2.24) is 15.1 Å². The molecule has 1 aromatic carbocycles. The van der Waals surface area contributed by atoms with Crippen molar-refractivity contribution in [1.29, 1.82) is 0 Å². The van der Waals surface area contributed by atoms with Crippen molar-refractivity contribution in [3.05, 3.63) is 48.3 Å². The summed E-state index contributed by atoms with van der Waals surface area (Å²) in [7, 11) is 1.63. The van der Waals surface area contributed by atoms with Crippen LogP contribution in [0.4, 0.5) is 5.69 Å². The fraction of sp³-hybridized carbons (Fsp3) is 0.375. The van der Waals surface area contributed by atoms with Gasteiger partial charge in [-0.15, -0.1) is 0 Å². The average Bonchev–Trinajstić information content (AvgIpc) is 3.17. The van der Waals surface area contributed by atoms with Crippen molar-refractivity contribution in [2.45, 2.75) is 18.9 Å². The van der Waals surface area contributed by atoms with Gasteiger partial charge in [-0.1, -0.05) is 30.3 Å². The molecule has 0 saturated heterocycles. The quantitative estimate of drug-likeness (QED) is 0.851. The summed E-state index contributed by atoms with van der Waals surface area (Å²) in [6, 6.07) is 10.7. The Hall–Kier alpha value is -2.30. The standard InChI is InChI=1S/C16H20N4O/c1-17-16(21)11-20-10-14(9-19-20)18-8-13-7-15(13)12-5-3-2-4-6-12/h2-6,9-10,13,15,18H,7-8,11H2,1H3,(H,17,21)/t13-,15-/m0/s1. The van der Waals surface area contributed by atoms with Gasteiger partial charge in [0, 0.05) is 19.8 Å². The predicted octanol–water partition coefficient (Wildman–Crippen LogP) is 1.84. The number of aromatic nitrogens is 2. The summed E-state index contributed by atoms with van der Waals surface area (Å²) in [5.41, 5.74) is 2.40. The van der Waals surface area contributed by atoms with Crippen LogP contribution < -0.4 is 10.6 Å². The third-order valence-corrected chi connectivity index (χ3v) is 3.94. The van der Waals surface area contributed by atoms with Gasteiger partial charge in [-0.3, -0.25) is 9.48 Å². The summed E-state index contributed by atoms with van der Waals surface area (Å²) in [5, 5.41) is 10.2. The maximum absolute atomic E-state index is 11.3. The van der Waals surface area contributed by atoms with E-state index in [4.69, 9.17) is 0 Å². The molecule has 5 heteroatoms. The number of nitrogens with zero attached hydrogens (tertiary/aromatic N) is 2. The molecule has 0 radical (unpaired) electrons. The van der Waals surface area contributed by atoms with Crippen LogP contribution in [-0.2, 0) is 11.3 Å². The summed E-state index contributed by atoms with van der Waals surface area (Å²) < 4.78 is 1.64. The van der Waals surface area contributed by atoms with E-state index in [0.29, 0.717) is 11.8 Å². The van der Waals surface area contributed by atoms with Gasteiger partial charge >= 0.3 is 0 Å². The van der Waals surface area contributed by atoms with E-state index in [2.05, 4.69) is 46.1 Å². The second-order valence-electron chi connectivity index (χ2n) is 5.49. The Balaban J connectivity index is 1.47. The van der Waals surface area contributed by atoms with Gasteiger partial charge in [-0.25, -0.2) is 0 Å². The third-order valence-electron chi connectivity index (χ3n) is 3.94. The summed E-state index contributed by atoms with van der Waals surface area (Å²) in [6.07, 6.45) is 4.88. The number of hydrogen-bond acceptors (Lipinski definition) is 3. The van der Waals surface area contributed by atoms with E-state index in [1.165, 1.54) is 12.0 Å². The maximum atomic E-state index is 11.3. The van der Waals surface area contributed by atoms with Gasteiger partial charge in [0.2, 0.25) is 5.91 Å². The Morgan fingerprint density at radius 2 is 2.19 bits per heavy atom. The van der Waals surface area contributed by atoms with Crippen molar-refractivity contribution in [2.24, 2.45) is 5.92 Å². The zero-order valence-electron chi connectivity index (χ0n) is 12.1. The molecule has 1 fully saturated rings. The van der Waals surface area contributed by atoms with Crippen molar-refractivity contribution < 1.29 is 4.79 Å². The highest BCUT2D eigenvalue weighted by Gasteiger charge is 2.37. The van der Waals surface area contributed by atoms with Crippen LogP contribution in [0.3, 0.4) is 0 Å². The van der Waals surface area contributed by atoms with Crippen LogP contribution in [0.5, 0.6) is 0 Å². The molecule has 5 nitrogen and oxygen atoms in total. The maximum Gasteiger partial charge on any atom is 0.241 e. The molecule has 3 rings (SSSR count). The van der Waals surface area contributed by atoms with E-state index in [-0.39, 0.29) is 12.5 Å². The zero-order valence-corrected chi connectivity index (χ0v) is 12.1. The normalized spacial score (nSPS) is 20.0. The number of rotatable bonds is 6. The van der Waals surface area contributed by atoms with Gasteiger partial charge in [0.05, 0.1) is 11.9 Å². The fourth-order valence-corrected chi connectivity index (χ4v) is 2.60. The molecule has 0 bridgehead atoms. The Morgan fingerprint density at radius 1 is 1.38 bits per heavy atom. The number of likely N-dealkylation sites (N-methyl/N-ethyl adjacent to an activating group) is 1. The van der Waals surface area contributed by atoms with Gasteiger partial charge in [-0.05, 0) is 23.8 Å². The molecule has 2 N–H and O–H groups in total. The van der Waals surface area contributed by atoms with E-state index in [1.54, 1.807) is 17.9 Å². The number of anilines is 1. The lowest BCUT2D eigenvalue weighted by atomic mass is 10.1. The van der Waals surface area contributed by atoms with Crippen LogP contribution >= 0.6 is 0 Å². The highest BCUT2D eigenvalue weighted by Crippen LogP contribution is 2.47. The first-order chi connectivity index (χ1) is 10.3. The minimum Gasteiger partial charge on any atom is -0.382 e. The number of carbonyl (C=O) groups is 1. The first-order valence-corrected chi connectivity index (χ1v) is 7.28. The van der Waals surface area contributed by atoms with Crippen molar-refractivity contribution in [3.8, 4) is 0 Å². The van der Waals surface area contributed by atoms with Crippen LogP contribution in [0, 0.1) is 5.92 Å². The molecule has 0 unspecified atom stereocenters. The van der Waals surface area contributed by atoms with E-state index >= 15 is 0 Å². The van der Waals surface area contributed by atoms with Crippen LogP contribution in [0.15, 0.2) is 42.7 Å². The minimum absolute atomic E-state index is 0.0454. The molecule has 1 heterocycles. The number of carbonyl (C=O) groups excluding carboxylic acids is 1. The highest BCUT2D eigenvalue weighted by molar-refractivity contribution is 5.75. The number of benzene rings is 1. The molecule has 1 saturated carbocycles. The lowest BCUT2D eigenvalue weighted by Crippen LogP contribution is -2.23. The minimum atomic E-state index is -0.0454. The van der Waals surface area contributed by atoms with Gasteiger partial charge in [0.1, 0.15) is 6.54 Å². The van der Waals surface area contributed by atoms with E-state index < -0.39 is 0 Å². The molecule has 1 aromatic heterocycles. The Bertz CT molecular complexity index is 608. The molecule has 0 aliphatic heterocycles. The molecule has 1 aliphatic rings. The third kappa shape index (κ3) is 3.42. The zero-order chi connectivity index (χ0) is 14.7. The van der Waals surface area contributed by atoms with E-state index in [1.807, 2.05) is 6.20 Å². The van der Waals surface area contributed by atoms with Gasteiger partial charge in [-0.2, -0.15) is 5.10 Å². The number of hydrogen-bond donors (Lipinski definition) is 2. The Kier molecular flexibility index (Phi) is 3.90. The monoisotopic (exact) mass is 284 g/mol. The molecule has 21 heavy (non-hydrogen) atoms. The topological polar surface area (TPSA) is 59.0 Å². The summed E-state index contributed by atoms with van der Waals surface area (Å²) in [5.74, 6) is 1.32. The Labute approximate surface area is 124 Å². The van der Waals surface area contributed by atoms with E-state index in [0.717, 1.165) is 12.2 Å². The molecule has 1 amide bonds. The molecule has 0 spiro atoms. The average molecular weight is 284 g/mol. The second kappa shape index (κ2) is 5.99. The first-order valence-electron chi connectivity index (χ1n) is 7.28. The Morgan fingerprint density at radius 3 is 2.95 bits per heavy atom. The van der Waals surface area contributed by atoms with Crippen LogP contribution in [0.2, 0.25) is 0 Å². The summed E-state index contributed by atoms with van der Waals surface area (Å²) in [4.78, 5) is 11.3. The van der Waals surface area contributed by atoms with Crippen LogP contribution in [0.25, 0.3) is 0 Å². The second-order valence-corrected chi connectivity index (χ2v) is 5.49. The fourth-order valence-electron chi connectivity index (χ4n) is 2.60. The molecular weight excluding hydrogens is 264 g/mol. The first kappa shape index (κ1) is 13.7. The SMILES string of the molecule is CNC(=O)Cn1cc(NC[C@@H]2C[C@H]2c2ccccc2)cn1. The summed E-state index contributed by atoms with van der Waals surface area (Å²) >= 11 is 0. The number of nitrogens with one attached hydrogen (secondary N) is 2. The van der Waals surface area contributed by atoms with Crippen molar-refractivity contribution in [2.75, 3.05) is 18.9 Å². The molecule has 1 aliphatic carbocycles. The van der Waals surface area contributed by atoms with Crippen molar-refractivity contribution >= 4 is 11.6 Å². The largest absolute Gasteiger partial charge is 0.382 e. The van der Waals surface area contributed by atoms with E-state index in [9.17, 15) is 4.79 Å². The van der Waals surface area contributed by atoms with Gasteiger partial charge in [0.25, 0.3) is 0 Å². The lowest BCUT2D eigenvalue weighted by molar-refractivity contribution is -0.121. The molecule has 2 atom stereocenters. The van der Waals surface area contributed by atoms with Gasteiger partial charge in [0.15, 0.2) is 0 Å². The molecular formula is C16H20N4O. The number of amides is 1. The van der Waals surface area contributed by atoms with Gasteiger partial charge < -0.3 is 10.6 Å². The molecule has 2 aromatic rings. The summed E-state index contributed by atoms with van der Waals surface area (Å²) in [6.45, 7) is 1.21. The predicted molar refractivity (Wildman–Crippen MR) is 82.1 cm³/mol. The van der Waals surface area contributed by atoms with Crippen LogP contribution in [-0.4, -0.2) is 29.3 Å². The lowest BCUT2D eigenvalue weighted by Gasteiger charge is -2.03. The smallest absolute Gasteiger partial charge is 0.241 e. The van der Waals surface area contributed by atoms with Crippen LogP contribution in [0.1, 0.15) is 17.9 Å². The molecule has 110 valence electrons. The highest BCUT2D eigenvalue weighted by atomic mass is 16.1. The van der Waals surface area contributed by atoms with Crippen molar-refractivity contribution in [3.63, 3.8) is 0 Å².